The average Bonchev–Trinajstić information content (AvgIpc) is 2.84. The fourth-order valence-corrected chi connectivity index (χ4v) is 5.72. The number of hydrogen-bond donors (Lipinski definition) is 1. The Morgan fingerprint density at radius 2 is 1.86 bits per heavy atom. The molecular formula is C29H31BrClNO5. The molecule has 1 N–H and O–H groups in total. The predicted molar refractivity (Wildman–Crippen MR) is 148 cm³/mol. The van der Waals surface area contributed by atoms with E-state index >= 15 is 0 Å². The van der Waals surface area contributed by atoms with E-state index in [2.05, 4.69) is 15.9 Å². The largest absolute Gasteiger partial charge is 0.503 e. The number of rotatable bonds is 7. The van der Waals surface area contributed by atoms with Gasteiger partial charge in [-0.25, -0.2) is 4.79 Å². The van der Waals surface area contributed by atoms with Crippen molar-refractivity contribution in [3.63, 3.8) is 0 Å². The number of Topliss-reactive ketones (excluding diaryl/α,β-unsaturated/α-hetero) is 1. The van der Waals surface area contributed by atoms with E-state index in [-0.39, 0.29) is 35.7 Å². The Labute approximate surface area is 230 Å². The molecule has 6 nitrogen and oxygen atoms in total. The third-order valence-corrected chi connectivity index (χ3v) is 7.63. The maximum absolute atomic E-state index is 13.8. The van der Waals surface area contributed by atoms with Gasteiger partial charge in [0.2, 0.25) is 0 Å². The molecule has 196 valence electrons. The molecule has 3 atom stereocenters. The zero-order chi connectivity index (χ0) is 26.9. The molecular weight excluding hydrogens is 558 g/mol. The maximum atomic E-state index is 13.8. The van der Waals surface area contributed by atoms with Crippen LogP contribution in [0.3, 0.4) is 0 Å². The number of carbonyl (C=O) groups is 2. The highest BCUT2D eigenvalue weighted by atomic mass is 79.9. The van der Waals surface area contributed by atoms with Gasteiger partial charge in [0.25, 0.3) is 0 Å². The SMILES string of the molecule is CCOc1cc([C@@H]2C(C(=O)OCC(C)C)=C(C)N=C3C[C@@H](c4ccc(Cl)cc4)CC(=O)C32)cc(Br)c1O. The highest BCUT2D eigenvalue weighted by molar-refractivity contribution is 9.10. The summed E-state index contributed by atoms with van der Waals surface area (Å²) >= 11 is 9.49. The van der Waals surface area contributed by atoms with Gasteiger partial charge in [-0.15, -0.1) is 0 Å². The first kappa shape index (κ1) is 27.4. The van der Waals surface area contributed by atoms with Crippen LogP contribution in [0.15, 0.2) is 57.1 Å². The number of nitrogens with zero attached hydrogens (tertiary/aromatic N) is 1. The second kappa shape index (κ2) is 11.4. The van der Waals surface area contributed by atoms with Gasteiger partial charge >= 0.3 is 5.97 Å². The van der Waals surface area contributed by atoms with E-state index in [0.29, 0.717) is 45.8 Å². The second-order valence-electron chi connectivity index (χ2n) is 9.96. The Balaban J connectivity index is 1.81. The van der Waals surface area contributed by atoms with Crippen molar-refractivity contribution < 1.29 is 24.2 Å². The van der Waals surface area contributed by atoms with Crippen LogP contribution in [0.5, 0.6) is 11.5 Å². The van der Waals surface area contributed by atoms with Gasteiger partial charge in [-0.05, 0) is 83.4 Å². The Morgan fingerprint density at radius 1 is 1.16 bits per heavy atom. The molecule has 4 rings (SSSR count). The van der Waals surface area contributed by atoms with E-state index < -0.39 is 17.8 Å². The molecule has 0 amide bonds. The average molecular weight is 589 g/mol. The number of allylic oxidation sites excluding steroid dienone is 1. The van der Waals surface area contributed by atoms with Crippen molar-refractivity contribution in [1.82, 2.24) is 0 Å². The van der Waals surface area contributed by atoms with Gasteiger partial charge in [0.05, 0.1) is 29.2 Å². The third-order valence-electron chi connectivity index (χ3n) is 6.77. The van der Waals surface area contributed by atoms with Crippen LogP contribution in [0.2, 0.25) is 5.02 Å². The Bertz CT molecular complexity index is 1270. The molecule has 2 aromatic rings. The van der Waals surface area contributed by atoms with Crippen LogP contribution in [0.1, 0.15) is 63.5 Å². The number of halogens is 2. The number of hydrogen-bond acceptors (Lipinski definition) is 6. The summed E-state index contributed by atoms with van der Waals surface area (Å²) in [6, 6.07) is 11.0. The van der Waals surface area contributed by atoms with Crippen molar-refractivity contribution in [2.45, 2.75) is 52.4 Å². The summed E-state index contributed by atoms with van der Waals surface area (Å²) in [4.78, 5) is 32.0. The fourth-order valence-electron chi connectivity index (χ4n) is 5.13. The summed E-state index contributed by atoms with van der Waals surface area (Å²) in [5.41, 5.74) is 3.37. The number of benzene rings is 2. The van der Waals surface area contributed by atoms with Gasteiger partial charge in [-0.1, -0.05) is 37.6 Å². The maximum Gasteiger partial charge on any atom is 0.336 e. The van der Waals surface area contributed by atoms with Crippen molar-refractivity contribution in [3.05, 3.63) is 68.3 Å². The lowest BCUT2D eigenvalue weighted by atomic mass is 9.66. The molecule has 2 aromatic carbocycles. The summed E-state index contributed by atoms with van der Waals surface area (Å²) in [6.45, 7) is 8.17. The lowest BCUT2D eigenvalue weighted by Gasteiger charge is -2.38. The number of ketones is 1. The van der Waals surface area contributed by atoms with Gasteiger partial charge < -0.3 is 14.6 Å². The van der Waals surface area contributed by atoms with Crippen LogP contribution in [-0.2, 0) is 14.3 Å². The molecule has 1 saturated carbocycles. The zero-order valence-electron chi connectivity index (χ0n) is 21.4. The van der Waals surface area contributed by atoms with Crippen molar-refractivity contribution in [2.24, 2.45) is 16.8 Å². The molecule has 2 aliphatic rings. The molecule has 0 radical (unpaired) electrons. The van der Waals surface area contributed by atoms with E-state index in [4.69, 9.17) is 26.1 Å². The summed E-state index contributed by atoms with van der Waals surface area (Å²) in [7, 11) is 0. The van der Waals surface area contributed by atoms with Gasteiger partial charge in [0.15, 0.2) is 11.5 Å². The number of aliphatic imine (C=N–C) groups is 1. The monoisotopic (exact) mass is 587 g/mol. The molecule has 1 aliphatic carbocycles. The quantitative estimate of drug-likeness (QED) is 0.353. The minimum Gasteiger partial charge on any atom is -0.503 e. The molecule has 1 aliphatic heterocycles. The van der Waals surface area contributed by atoms with Crippen LogP contribution in [-0.4, -0.2) is 35.8 Å². The topological polar surface area (TPSA) is 85.2 Å². The van der Waals surface area contributed by atoms with Crippen LogP contribution < -0.4 is 4.74 Å². The fraction of sp³-hybridized carbons (Fsp3) is 0.414. The zero-order valence-corrected chi connectivity index (χ0v) is 23.7. The van der Waals surface area contributed by atoms with E-state index in [9.17, 15) is 14.7 Å². The highest BCUT2D eigenvalue weighted by Crippen LogP contribution is 2.48. The lowest BCUT2D eigenvalue weighted by molar-refractivity contribution is -0.140. The van der Waals surface area contributed by atoms with Crippen molar-refractivity contribution in [2.75, 3.05) is 13.2 Å². The van der Waals surface area contributed by atoms with Crippen LogP contribution in [0, 0.1) is 11.8 Å². The molecule has 1 unspecified atom stereocenters. The molecule has 37 heavy (non-hydrogen) atoms. The van der Waals surface area contributed by atoms with Gasteiger partial charge in [-0.2, -0.15) is 0 Å². The molecule has 1 heterocycles. The van der Waals surface area contributed by atoms with Crippen LogP contribution in [0.25, 0.3) is 0 Å². The van der Waals surface area contributed by atoms with E-state index in [1.807, 2.05) is 45.0 Å². The molecule has 1 fully saturated rings. The number of carbonyl (C=O) groups excluding carboxylic acids is 2. The Kier molecular flexibility index (Phi) is 8.44. The first-order valence-corrected chi connectivity index (χ1v) is 13.7. The summed E-state index contributed by atoms with van der Waals surface area (Å²) < 4.78 is 11.7. The first-order chi connectivity index (χ1) is 17.6. The summed E-state index contributed by atoms with van der Waals surface area (Å²) in [5, 5.41) is 11.2. The molecule has 8 heteroatoms. The number of esters is 1. The molecule has 0 saturated heterocycles. The van der Waals surface area contributed by atoms with Gasteiger partial charge in [0, 0.05) is 28.8 Å². The number of aromatic hydroxyl groups is 1. The number of phenols is 1. The molecule has 0 aromatic heterocycles. The highest BCUT2D eigenvalue weighted by Gasteiger charge is 2.46. The second-order valence-corrected chi connectivity index (χ2v) is 11.2. The number of fused-ring (bicyclic) bond motifs is 1. The first-order valence-electron chi connectivity index (χ1n) is 12.5. The van der Waals surface area contributed by atoms with Crippen LogP contribution >= 0.6 is 27.5 Å². The van der Waals surface area contributed by atoms with Crippen molar-refractivity contribution >= 4 is 45.0 Å². The van der Waals surface area contributed by atoms with Crippen LogP contribution in [0.4, 0.5) is 0 Å². The summed E-state index contributed by atoms with van der Waals surface area (Å²) in [5.74, 6) is -1.29. The predicted octanol–water partition coefficient (Wildman–Crippen LogP) is 6.98. The third kappa shape index (κ3) is 5.78. The lowest BCUT2D eigenvalue weighted by Crippen LogP contribution is -2.41. The van der Waals surface area contributed by atoms with E-state index in [1.165, 1.54) is 0 Å². The van der Waals surface area contributed by atoms with Gasteiger partial charge in [-0.3, -0.25) is 9.79 Å². The Morgan fingerprint density at radius 3 is 2.51 bits per heavy atom. The molecule has 0 bridgehead atoms. The number of phenolic OH excluding ortho intramolecular Hbond substituents is 1. The standard InChI is InChI=1S/C29H31BrClNO5/c1-5-36-24-13-19(10-21(30)28(24)34)26-25(29(35)37-14-15(2)3)16(4)32-22-11-18(12-23(33)27(22)26)17-6-8-20(31)9-7-17/h6-10,13,15,18,26-27,34H,5,11-12,14H2,1-4H3/t18-,26-,27?/m1/s1. The van der Waals surface area contributed by atoms with E-state index in [1.54, 1.807) is 19.1 Å². The number of ether oxygens (including phenoxy) is 2. The van der Waals surface area contributed by atoms with Crippen molar-refractivity contribution in [3.8, 4) is 11.5 Å². The Hall–Kier alpha value is -2.64. The van der Waals surface area contributed by atoms with Crippen molar-refractivity contribution in [1.29, 1.82) is 0 Å². The van der Waals surface area contributed by atoms with E-state index in [0.717, 1.165) is 11.3 Å². The normalized spacial score (nSPS) is 21.5. The minimum absolute atomic E-state index is 0.0127. The summed E-state index contributed by atoms with van der Waals surface area (Å²) in [6.07, 6.45) is 0.921. The molecule has 0 spiro atoms. The smallest absolute Gasteiger partial charge is 0.336 e. The minimum atomic E-state index is -0.611. The van der Waals surface area contributed by atoms with Gasteiger partial charge in [0.1, 0.15) is 5.78 Å².